The first kappa shape index (κ1) is 20.0. The lowest BCUT2D eigenvalue weighted by Crippen LogP contribution is -2.41. The van der Waals surface area contributed by atoms with Crippen molar-refractivity contribution >= 4 is 18.0 Å². The van der Waals surface area contributed by atoms with Crippen LogP contribution in [0.5, 0.6) is 0 Å². The summed E-state index contributed by atoms with van der Waals surface area (Å²) >= 11 is 0. The summed E-state index contributed by atoms with van der Waals surface area (Å²) in [6, 6.07) is 8.56. The van der Waals surface area contributed by atoms with Crippen LogP contribution in [0.3, 0.4) is 0 Å². The van der Waals surface area contributed by atoms with Gasteiger partial charge in [0.05, 0.1) is 7.11 Å². The Labute approximate surface area is 147 Å². The summed E-state index contributed by atoms with van der Waals surface area (Å²) in [6.45, 7) is 0.597. The molecule has 0 fully saturated rings. The lowest BCUT2D eigenvalue weighted by molar-refractivity contribution is -0.144. The minimum absolute atomic E-state index is 0.204. The molecule has 0 saturated carbocycles. The van der Waals surface area contributed by atoms with Gasteiger partial charge in [0.15, 0.2) is 0 Å². The van der Waals surface area contributed by atoms with E-state index in [0.717, 1.165) is 5.56 Å². The molecule has 1 aromatic rings. The molecule has 25 heavy (non-hydrogen) atoms. The van der Waals surface area contributed by atoms with Gasteiger partial charge in [-0.1, -0.05) is 30.3 Å². The monoisotopic (exact) mass is 346 g/mol. The third-order valence-corrected chi connectivity index (χ3v) is 3.32. The highest BCUT2D eigenvalue weighted by atomic mass is 16.5. The number of nitrogens with one attached hydrogen (secondary N) is 2. The molecule has 1 rings (SSSR count). The average Bonchev–Trinajstić information content (AvgIpc) is 2.65. The Morgan fingerprint density at radius 2 is 1.92 bits per heavy atom. The Bertz CT molecular complexity index is 610. The zero-order valence-electron chi connectivity index (χ0n) is 14.1. The van der Waals surface area contributed by atoms with Crippen LogP contribution in [0.4, 0.5) is 4.79 Å². The van der Waals surface area contributed by atoms with Gasteiger partial charge in [0.2, 0.25) is 0 Å². The lowest BCUT2D eigenvalue weighted by Gasteiger charge is -2.14. The van der Waals surface area contributed by atoms with Crippen LogP contribution in [0.15, 0.2) is 30.3 Å². The first-order valence-corrected chi connectivity index (χ1v) is 7.86. The topological polar surface area (TPSA) is 93.7 Å². The zero-order chi connectivity index (χ0) is 18.5. The smallest absolute Gasteiger partial charge is 0.407 e. The van der Waals surface area contributed by atoms with Crippen LogP contribution in [0.25, 0.3) is 0 Å². The molecule has 0 aliphatic carbocycles. The molecule has 1 atom stereocenters. The molecule has 0 radical (unpaired) electrons. The minimum Gasteiger partial charge on any atom is -0.467 e. The van der Waals surface area contributed by atoms with E-state index in [-0.39, 0.29) is 6.61 Å². The molecular formula is C18H22N2O5. The molecule has 2 N–H and O–H groups in total. The predicted octanol–water partition coefficient (Wildman–Crippen LogP) is 1.37. The summed E-state index contributed by atoms with van der Waals surface area (Å²) in [6.07, 6.45) is 6.02. The van der Waals surface area contributed by atoms with E-state index in [9.17, 15) is 14.4 Å². The second-order valence-corrected chi connectivity index (χ2v) is 5.18. The van der Waals surface area contributed by atoms with Crippen molar-refractivity contribution in [2.75, 3.05) is 13.7 Å². The first-order valence-electron chi connectivity index (χ1n) is 7.86. The van der Waals surface area contributed by atoms with Gasteiger partial charge in [-0.2, -0.15) is 0 Å². The van der Waals surface area contributed by atoms with Crippen molar-refractivity contribution in [3.8, 4) is 12.3 Å². The van der Waals surface area contributed by atoms with E-state index >= 15 is 0 Å². The van der Waals surface area contributed by atoms with Crippen LogP contribution in [0, 0.1) is 12.3 Å². The van der Waals surface area contributed by atoms with Gasteiger partial charge < -0.3 is 20.1 Å². The highest BCUT2D eigenvalue weighted by molar-refractivity contribution is 5.95. The number of ether oxygens (including phenoxy) is 2. The van der Waals surface area contributed by atoms with E-state index in [1.54, 1.807) is 0 Å². The maximum absolute atomic E-state index is 11.6. The number of carbonyl (C=O) groups excluding carboxylic acids is 3. The number of hydrogen-bond acceptors (Lipinski definition) is 5. The fraction of sp³-hybridized carbons (Fsp3) is 0.389. The zero-order valence-corrected chi connectivity index (χ0v) is 14.1. The van der Waals surface area contributed by atoms with Gasteiger partial charge >= 0.3 is 12.1 Å². The molecule has 0 aliphatic rings. The van der Waals surface area contributed by atoms with E-state index < -0.39 is 24.0 Å². The number of unbranched alkanes of at least 4 members (excludes halogenated alkanes) is 1. The molecule has 0 bridgehead atoms. The van der Waals surface area contributed by atoms with Crippen LogP contribution in [-0.2, 0) is 25.7 Å². The summed E-state index contributed by atoms with van der Waals surface area (Å²) in [5, 5.41) is 5.02. The molecular weight excluding hydrogens is 324 g/mol. The van der Waals surface area contributed by atoms with Gasteiger partial charge in [-0.05, 0) is 30.7 Å². The Balaban J connectivity index is 2.20. The van der Waals surface area contributed by atoms with Crippen molar-refractivity contribution in [1.29, 1.82) is 0 Å². The number of terminal acetylenes is 1. The molecule has 0 saturated heterocycles. The highest BCUT2D eigenvalue weighted by Crippen LogP contribution is 2.03. The maximum Gasteiger partial charge on any atom is 0.407 e. The van der Waals surface area contributed by atoms with Crippen LogP contribution in [0.2, 0.25) is 0 Å². The fourth-order valence-electron chi connectivity index (χ4n) is 2.03. The van der Waals surface area contributed by atoms with Gasteiger partial charge in [-0.25, -0.2) is 9.59 Å². The molecule has 0 aromatic heterocycles. The van der Waals surface area contributed by atoms with Crippen molar-refractivity contribution in [2.24, 2.45) is 0 Å². The van der Waals surface area contributed by atoms with E-state index in [2.05, 4.69) is 15.4 Å². The number of esters is 1. The van der Waals surface area contributed by atoms with Crippen molar-refractivity contribution < 1.29 is 23.9 Å². The summed E-state index contributed by atoms with van der Waals surface area (Å²) < 4.78 is 9.69. The number of hydrogen-bond donors (Lipinski definition) is 2. The number of carbonyl (C=O) groups is 3. The summed E-state index contributed by atoms with van der Waals surface area (Å²) in [5.74, 6) is 0.662. The standard InChI is InChI=1S/C18H22N2O5/c1-3-16(21)20-15(17(22)24-2)11-7-8-12-19-18(23)25-13-14-9-5-4-6-10-14/h1,4-6,9-10,15H,7-8,11-13H2,2H3,(H,19,23)(H,20,21)/t15-/m0/s1. The second-order valence-electron chi connectivity index (χ2n) is 5.18. The van der Waals surface area contributed by atoms with Gasteiger partial charge in [-0.15, -0.1) is 6.42 Å². The van der Waals surface area contributed by atoms with E-state index in [1.807, 2.05) is 36.3 Å². The van der Waals surface area contributed by atoms with Gasteiger partial charge in [0, 0.05) is 6.54 Å². The van der Waals surface area contributed by atoms with Crippen molar-refractivity contribution in [1.82, 2.24) is 10.6 Å². The largest absolute Gasteiger partial charge is 0.467 e. The number of amides is 2. The molecule has 0 heterocycles. The van der Waals surface area contributed by atoms with Crippen LogP contribution < -0.4 is 10.6 Å². The average molecular weight is 346 g/mol. The fourth-order valence-corrected chi connectivity index (χ4v) is 2.03. The molecule has 7 nitrogen and oxygen atoms in total. The highest BCUT2D eigenvalue weighted by Gasteiger charge is 2.20. The summed E-state index contributed by atoms with van der Waals surface area (Å²) in [5.41, 5.74) is 0.905. The SMILES string of the molecule is C#CC(=O)N[C@@H](CCCCNC(=O)OCc1ccccc1)C(=O)OC. The first-order chi connectivity index (χ1) is 12.1. The second kappa shape index (κ2) is 11.5. The Hall–Kier alpha value is -3.01. The Morgan fingerprint density at radius 1 is 1.20 bits per heavy atom. The van der Waals surface area contributed by atoms with Gasteiger partial charge in [-0.3, -0.25) is 4.79 Å². The number of alkyl carbamates (subject to hydrolysis) is 1. The van der Waals surface area contributed by atoms with E-state index in [1.165, 1.54) is 7.11 Å². The van der Waals surface area contributed by atoms with Crippen LogP contribution in [-0.4, -0.2) is 37.7 Å². The van der Waals surface area contributed by atoms with Gasteiger partial charge in [0.25, 0.3) is 5.91 Å². The third-order valence-electron chi connectivity index (χ3n) is 3.32. The minimum atomic E-state index is -0.793. The lowest BCUT2D eigenvalue weighted by atomic mass is 10.1. The molecule has 0 unspecified atom stereocenters. The van der Waals surface area contributed by atoms with E-state index in [0.29, 0.717) is 25.8 Å². The maximum atomic E-state index is 11.6. The molecule has 1 aromatic carbocycles. The molecule has 2 amide bonds. The normalized spacial score (nSPS) is 10.9. The van der Waals surface area contributed by atoms with Crippen LogP contribution >= 0.6 is 0 Å². The third kappa shape index (κ3) is 8.42. The Morgan fingerprint density at radius 3 is 2.56 bits per heavy atom. The molecule has 7 heteroatoms. The molecule has 0 spiro atoms. The van der Waals surface area contributed by atoms with Crippen molar-refractivity contribution in [3.63, 3.8) is 0 Å². The van der Waals surface area contributed by atoms with E-state index in [4.69, 9.17) is 11.2 Å². The molecule has 134 valence electrons. The molecule has 0 aliphatic heterocycles. The summed E-state index contributed by atoms with van der Waals surface area (Å²) in [4.78, 5) is 34.3. The van der Waals surface area contributed by atoms with Crippen molar-refractivity contribution in [3.05, 3.63) is 35.9 Å². The van der Waals surface area contributed by atoms with Gasteiger partial charge in [0.1, 0.15) is 12.6 Å². The number of benzene rings is 1. The summed E-state index contributed by atoms with van der Waals surface area (Å²) in [7, 11) is 1.24. The predicted molar refractivity (Wildman–Crippen MR) is 91.3 cm³/mol. The quantitative estimate of drug-likeness (QED) is 0.400. The number of rotatable bonds is 9. The van der Waals surface area contributed by atoms with Crippen LogP contribution in [0.1, 0.15) is 24.8 Å². The van der Waals surface area contributed by atoms with Crippen molar-refractivity contribution in [2.45, 2.75) is 31.9 Å². The Kier molecular flexibility index (Phi) is 9.23. The number of methoxy groups -OCH3 is 1.